The number of allylic oxidation sites excluding steroid dienone is 1. The molecule has 8 heteroatoms. The van der Waals surface area contributed by atoms with E-state index in [1.807, 2.05) is 0 Å². The summed E-state index contributed by atoms with van der Waals surface area (Å²) in [6.45, 7) is 1.61. The number of hydrogen-bond acceptors (Lipinski definition) is 2. The van der Waals surface area contributed by atoms with E-state index in [1.165, 1.54) is 35.7 Å². The van der Waals surface area contributed by atoms with Gasteiger partial charge in [-0.2, -0.15) is 13.2 Å². The number of hydrogen-bond donors (Lipinski definition) is 1. The predicted molar refractivity (Wildman–Crippen MR) is 103 cm³/mol. The van der Waals surface area contributed by atoms with Crippen LogP contribution in [0, 0.1) is 6.92 Å². The molecule has 0 saturated carbocycles. The first-order valence-electron chi connectivity index (χ1n) is 7.78. The Morgan fingerprint density at radius 2 is 1.78 bits per heavy atom. The highest BCUT2D eigenvalue weighted by Gasteiger charge is 2.58. The lowest BCUT2D eigenvalue weighted by Gasteiger charge is -2.32. The Labute approximate surface area is 168 Å². The third-order valence-corrected chi connectivity index (χ3v) is 6.31. The summed E-state index contributed by atoms with van der Waals surface area (Å²) in [6.07, 6.45) is -4.84. The number of carbonyl (C=O) groups is 1. The van der Waals surface area contributed by atoms with Crippen LogP contribution in [0.2, 0.25) is 10.0 Å². The summed E-state index contributed by atoms with van der Waals surface area (Å²) in [5.74, 6) is -1.08. The number of benzene rings is 2. The molecule has 0 aliphatic carbocycles. The van der Waals surface area contributed by atoms with E-state index in [9.17, 15) is 18.0 Å². The van der Waals surface area contributed by atoms with Gasteiger partial charge in [0.15, 0.2) is 0 Å². The first-order valence-corrected chi connectivity index (χ1v) is 9.41. The molecular formula is C19H13Cl2F3O2S. The SMILES string of the molecule is Cc1cc(C2=CS[C@](c3cc(Cl)cc(Cl)c3)(C(F)(F)F)C2)ccc1C(=O)O. The van der Waals surface area contributed by atoms with Gasteiger partial charge < -0.3 is 5.11 Å². The van der Waals surface area contributed by atoms with Crippen LogP contribution in [0.1, 0.15) is 33.5 Å². The Morgan fingerprint density at radius 1 is 1.15 bits per heavy atom. The maximum atomic E-state index is 14.1. The van der Waals surface area contributed by atoms with Crippen molar-refractivity contribution in [3.05, 3.63) is 74.1 Å². The fourth-order valence-corrected chi connectivity index (χ4v) is 4.80. The summed E-state index contributed by atoms with van der Waals surface area (Å²) in [5.41, 5.74) is 1.63. The van der Waals surface area contributed by atoms with E-state index in [4.69, 9.17) is 28.3 Å². The zero-order valence-electron chi connectivity index (χ0n) is 13.9. The molecule has 0 fully saturated rings. The van der Waals surface area contributed by atoms with Crippen molar-refractivity contribution in [3.8, 4) is 0 Å². The van der Waals surface area contributed by atoms with Gasteiger partial charge in [-0.25, -0.2) is 4.79 Å². The second-order valence-electron chi connectivity index (χ2n) is 6.26. The number of halogens is 5. The van der Waals surface area contributed by atoms with E-state index in [0.717, 1.165) is 0 Å². The standard InChI is InChI=1S/C19H13Cl2F3O2S/c1-10-4-11(2-3-16(10)17(25)26)12-8-18(27-9-12,19(22,23)24)13-5-14(20)7-15(21)6-13/h2-7,9H,8H2,1H3,(H,25,26)/t18-/m1/s1. The summed E-state index contributed by atoms with van der Waals surface area (Å²) in [5, 5.41) is 10.9. The van der Waals surface area contributed by atoms with Crippen molar-refractivity contribution < 1.29 is 23.1 Å². The molecule has 1 heterocycles. The van der Waals surface area contributed by atoms with E-state index in [1.54, 1.807) is 13.0 Å². The summed E-state index contributed by atoms with van der Waals surface area (Å²) in [4.78, 5) is 11.1. The number of rotatable bonds is 3. The Bertz CT molecular complexity index is 936. The predicted octanol–water partition coefficient (Wildman–Crippen LogP) is 6.94. The lowest BCUT2D eigenvalue weighted by Crippen LogP contribution is -2.37. The molecule has 142 valence electrons. The molecule has 2 aromatic carbocycles. The van der Waals surface area contributed by atoms with Gasteiger partial charge >= 0.3 is 12.1 Å². The largest absolute Gasteiger partial charge is 0.478 e. The monoisotopic (exact) mass is 432 g/mol. The molecule has 0 bridgehead atoms. The van der Waals surface area contributed by atoms with Gasteiger partial charge in [0.05, 0.1) is 5.56 Å². The highest BCUT2D eigenvalue weighted by Crippen LogP contribution is 2.60. The molecule has 0 aromatic heterocycles. The Hall–Kier alpha value is -1.63. The Balaban J connectivity index is 2.02. The van der Waals surface area contributed by atoms with E-state index in [0.29, 0.717) is 28.5 Å². The highest BCUT2D eigenvalue weighted by atomic mass is 35.5. The fraction of sp³-hybridized carbons (Fsp3) is 0.211. The number of aromatic carboxylic acids is 1. The van der Waals surface area contributed by atoms with Crippen LogP contribution in [-0.2, 0) is 4.75 Å². The van der Waals surface area contributed by atoms with Gasteiger partial charge in [0.25, 0.3) is 0 Å². The third-order valence-electron chi connectivity index (χ3n) is 4.46. The lowest BCUT2D eigenvalue weighted by molar-refractivity contribution is -0.160. The van der Waals surface area contributed by atoms with Gasteiger partial charge in [0.1, 0.15) is 4.75 Å². The van der Waals surface area contributed by atoms with Crippen molar-refractivity contribution in [1.82, 2.24) is 0 Å². The van der Waals surface area contributed by atoms with E-state index in [2.05, 4.69) is 0 Å². The minimum absolute atomic E-state index is 0.0115. The molecule has 1 N–H and O–H groups in total. The molecule has 27 heavy (non-hydrogen) atoms. The zero-order chi connectivity index (χ0) is 20.0. The molecule has 1 aliphatic rings. The van der Waals surface area contributed by atoms with Crippen LogP contribution in [-0.4, -0.2) is 17.3 Å². The van der Waals surface area contributed by atoms with Gasteiger partial charge in [-0.3, -0.25) is 0 Å². The number of carboxylic acid groups (broad SMARTS) is 1. The van der Waals surface area contributed by atoms with Crippen molar-refractivity contribution in [2.45, 2.75) is 24.3 Å². The first kappa shape index (κ1) is 20.1. The van der Waals surface area contributed by atoms with Crippen molar-refractivity contribution in [2.24, 2.45) is 0 Å². The molecule has 0 spiro atoms. The Kier molecular flexibility index (Phi) is 5.27. The van der Waals surface area contributed by atoms with Crippen LogP contribution in [0.15, 0.2) is 41.8 Å². The van der Waals surface area contributed by atoms with E-state index >= 15 is 0 Å². The van der Waals surface area contributed by atoms with Crippen LogP contribution >= 0.6 is 35.0 Å². The summed E-state index contributed by atoms with van der Waals surface area (Å²) >= 11 is 12.5. The normalized spacial score (nSPS) is 19.9. The zero-order valence-corrected chi connectivity index (χ0v) is 16.2. The van der Waals surface area contributed by atoms with Crippen LogP contribution in [0.5, 0.6) is 0 Å². The minimum Gasteiger partial charge on any atom is -0.478 e. The molecule has 0 unspecified atom stereocenters. The van der Waals surface area contributed by atoms with Gasteiger partial charge in [-0.15, -0.1) is 11.8 Å². The molecular weight excluding hydrogens is 420 g/mol. The lowest BCUT2D eigenvalue weighted by atomic mass is 9.88. The average Bonchev–Trinajstić information content (AvgIpc) is 3.00. The molecule has 0 saturated heterocycles. The van der Waals surface area contributed by atoms with Crippen molar-refractivity contribution >= 4 is 46.5 Å². The van der Waals surface area contributed by atoms with Crippen LogP contribution in [0.3, 0.4) is 0 Å². The molecule has 3 rings (SSSR count). The van der Waals surface area contributed by atoms with Gasteiger partial charge in [-0.05, 0) is 58.9 Å². The minimum atomic E-state index is -4.54. The average molecular weight is 433 g/mol. The van der Waals surface area contributed by atoms with Crippen molar-refractivity contribution in [2.75, 3.05) is 0 Å². The maximum absolute atomic E-state index is 14.1. The highest BCUT2D eigenvalue weighted by molar-refractivity contribution is 8.03. The van der Waals surface area contributed by atoms with Crippen LogP contribution < -0.4 is 0 Å². The molecule has 0 amide bonds. The van der Waals surface area contributed by atoms with Crippen molar-refractivity contribution in [3.63, 3.8) is 0 Å². The topological polar surface area (TPSA) is 37.3 Å². The second kappa shape index (κ2) is 7.08. The number of alkyl halides is 3. The smallest absolute Gasteiger partial charge is 0.407 e. The fourth-order valence-electron chi connectivity index (χ4n) is 3.08. The third kappa shape index (κ3) is 3.71. The van der Waals surface area contributed by atoms with Gasteiger partial charge in [0, 0.05) is 16.5 Å². The molecule has 1 aliphatic heterocycles. The number of aryl methyl sites for hydroxylation is 1. The van der Waals surface area contributed by atoms with Gasteiger partial charge in [-0.1, -0.05) is 35.3 Å². The molecule has 2 aromatic rings. The molecule has 0 radical (unpaired) electrons. The summed E-state index contributed by atoms with van der Waals surface area (Å²) in [7, 11) is 0. The number of carboxylic acids is 1. The Morgan fingerprint density at radius 3 is 2.30 bits per heavy atom. The molecule has 2 nitrogen and oxygen atoms in total. The van der Waals surface area contributed by atoms with Crippen molar-refractivity contribution in [1.29, 1.82) is 0 Å². The summed E-state index contributed by atoms with van der Waals surface area (Å²) in [6, 6.07) is 8.47. The quantitative estimate of drug-likeness (QED) is 0.570. The first-order chi connectivity index (χ1) is 12.5. The van der Waals surface area contributed by atoms with Crippen LogP contribution in [0.25, 0.3) is 5.57 Å². The number of thioether (sulfide) groups is 1. The second-order valence-corrected chi connectivity index (χ2v) is 8.30. The maximum Gasteiger partial charge on any atom is 0.407 e. The van der Waals surface area contributed by atoms with E-state index < -0.39 is 16.9 Å². The summed E-state index contributed by atoms with van der Waals surface area (Å²) < 4.78 is 40.1. The van der Waals surface area contributed by atoms with Crippen LogP contribution in [0.4, 0.5) is 13.2 Å². The molecule has 1 atom stereocenters. The van der Waals surface area contributed by atoms with E-state index in [-0.39, 0.29) is 27.6 Å². The van der Waals surface area contributed by atoms with Gasteiger partial charge in [0.2, 0.25) is 0 Å².